The number of carboxylic acid groups (broad SMARTS) is 6. The molecular formula is C72H54Co2MnN4O12S8. The molecule has 27 heteroatoms. The molecule has 2 aromatic heterocycles. The molecule has 0 fully saturated rings. The summed E-state index contributed by atoms with van der Waals surface area (Å²) in [6.45, 7) is 2.86. The molecule has 507 valence electrons. The third-order valence-electron chi connectivity index (χ3n) is 10.5. The van der Waals surface area contributed by atoms with Gasteiger partial charge in [0.2, 0.25) is 0 Å². The van der Waals surface area contributed by atoms with Crippen molar-refractivity contribution in [2.45, 2.75) is 13.8 Å². The Morgan fingerprint density at radius 1 is 0.323 bits per heavy atom. The van der Waals surface area contributed by atoms with Crippen molar-refractivity contribution >= 4 is 142 Å². The number of carbonyl (C=O) groups excluding carboxylic acids is 6. The van der Waals surface area contributed by atoms with Crippen molar-refractivity contribution in [3.05, 3.63) is 347 Å². The molecule has 4 aliphatic heterocycles. The Bertz CT molecular complexity index is 3550. The second-order valence-electron chi connectivity index (χ2n) is 17.2. The molecule has 0 amide bonds. The molecular weight excluding hydrogens is 1540 g/mol. The molecule has 0 bridgehead atoms. The molecule has 0 unspecified atom stereocenters. The Hall–Kier alpha value is -8.33. The summed E-state index contributed by atoms with van der Waals surface area (Å²) >= 11 is 14.6. The summed E-state index contributed by atoms with van der Waals surface area (Å²) in [6.07, 6.45) is 15.8. The maximum absolute atomic E-state index is 10.1. The third kappa shape index (κ3) is 41.0. The Balaban J connectivity index is 0.00000111. The smallest absolute Gasteiger partial charge is 0.545 e. The zero-order chi connectivity index (χ0) is 70.0. The van der Waals surface area contributed by atoms with Gasteiger partial charge in [-0.15, -0.1) is 0 Å². The quantitative estimate of drug-likeness (QED) is 0.115. The van der Waals surface area contributed by atoms with E-state index >= 15 is 0 Å². The molecule has 3 radical (unpaired) electrons. The zero-order valence-corrected chi connectivity index (χ0v) is 61.5. The van der Waals surface area contributed by atoms with Gasteiger partial charge in [0, 0.05) is 48.4 Å². The van der Waals surface area contributed by atoms with Gasteiger partial charge < -0.3 is 59.4 Å². The van der Waals surface area contributed by atoms with E-state index in [1.807, 2.05) is 143 Å². The van der Waals surface area contributed by atoms with E-state index in [1.165, 1.54) is 125 Å². The van der Waals surface area contributed by atoms with Gasteiger partial charge in [-0.1, -0.05) is 288 Å². The van der Waals surface area contributed by atoms with E-state index in [0.29, 0.717) is 0 Å². The second kappa shape index (κ2) is 56.5. The summed E-state index contributed by atoms with van der Waals surface area (Å²) in [5.74, 6) is -6.77. The van der Waals surface area contributed by atoms with Gasteiger partial charge in [-0.3, -0.25) is 9.97 Å². The maximum Gasteiger partial charge on any atom is 2.00 e. The molecule has 0 spiro atoms. The van der Waals surface area contributed by atoms with Gasteiger partial charge in [0.1, 0.15) is 0 Å². The molecule has 16 nitrogen and oxygen atoms in total. The number of carboxylic acids is 6. The zero-order valence-electron chi connectivity index (χ0n) is 51.7. The molecule has 8 aromatic rings. The number of nitrogens with zero attached hydrogens (tertiary/aromatic N) is 4. The molecule has 0 atom stereocenters. The number of aromatic carboxylic acids is 6. The van der Waals surface area contributed by atoms with E-state index in [9.17, 15) is 59.4 Å². The van der Waals surface area contributed by atoms with Crippen LogP contribution in [0.1, 0.15) is 87.1 Å². The minimum Gasteiger partial charge on any atom is -0.545 e. The predicted octanol–water partition coefficient (Wildman–Crippen LogP) is 12.3. The topological polar surface area (TPSA) is 314 Å². The average molecular weight is 1600 g/mol. The monoisotopic (exact) mass is 1590 g/mol. The number of allylic oxidation sites excluding steroid dienone is 2. The number of hydrogen-bond donors (Lipinski definition) is 0. The largest absolute Gasteiger partial charge is 2.00 e. The summed E-state index contributed by atoms with van der Waals surface area (Å²) in [5.41, 5.74) is 3.69. The van der Waals surface area contributed by atoms with Crippen molar-refractivity contribution in [2.75, 3.05) is 0 Å². The van der Waals surface area contributed by atoms with Gasteiger partial charge in [-0.2, -0.15) is 10.5 Å². The normalized spacial score (nSPS) is 11.9. The van der Waals surface area contributed by atoms with Gasteiger partial charge >= 0.3 is 50.6 Å². The van der Waals surface area contributed by atoms with E-state index in [1.54, 1.807) is 121 Å². The third-order valence-corrected chi connectivity index (χ3v) is 20.5. The minimum atomic E-state index is -1.13. The van der Waals surface area contributed by atoms with Crippen molar-refractivity contribution in [1.82, 2.24) is 9.97 Å². The standard InChI is InChI=1S/2C13H9NS4.6C7H6O2.2C2H3N.2Co.Mn/c2*1(10-3-5-14-6-4-10)2-11-9-17-13(18-11)12-15-7-8-16-12;6*8-7(9)6-4-2-1-3-5-6;2*1-2-3;;;/h2*1-9H;6*1-5H,(H,8,9);2*1H3;;;/q;;;;;;;;;;3*+2/p-6/b2*2-1+;;;;;;;;;;;. The number of carbonyl (C=O) groups is 6. The van der Waals surface area contributed by atoms with Crippen LogP contribution in [0.5, 0.6) is 0 Å². The summed E-state index contributed by atoms with van der Waals surface area (Å²) in [6, 6.07) is 59.9. The van der Waals surface area contributed by atoms with Gasteiger partial charge in [-0.05, 0) is 113 Å². The van der Waals surface area contributed by atoms with Crippen LogP contribution < -0.4 is 30.6 Å². The van der Waals surface area contributed by atoms with Crippen molar-refractivity contribution in [2.24, 2.45) is 0 Å². The Kier molecular flexibility index (Phi) is 51.8. The first-order valence-electron chi connectivity index (χ1n) is 27.4. The van der Waals surface area contributed by atoms with Gasteiger partial charge in [0.15, 0.2) is 0 Å². The van der Waals surface area contributed by atoms with Crippen LogP contribution in [0.2, 0.25) is 0 Å². The first-order chi connectivity index (χ1) is 46.5. The number of aromatic nitrogens is 2. The first-order valence-corrected chi connectivity index (χ1v) is 34.3. The molecule has 99 heavy (non-hydrogen) atoms. The summed E-state index contributed by atoms with van der Waals surface area (Å²) < 4.78 is 5.58. The molecule has 0 aliphatic carbocycles. The summed E-state index contributed by atoms with van der Waals surface area (Å²) in [7, 11) is 0. The van der Waals surface area contributed by atoms with Crippen molar-refractivity contribution in [3.8, 4) is 12.1 Å². The Labute approximate surface area is 639 Å². The van der Waals surface area contributed by atoms with E-state index in [2.05, 4.69) is 66.7 Å². The van der Waals surface area contributed by atoms with Crippen LogP contribution >= 0.6 is 94.1 Å². The number of benzene rings is 6. The fraction of sp³-hybridized carbons (Fsp3) is 0.0278. The van der Waals surface area contributed by atoms with Gasteiger partial charge in [0.05, 0.1) is 64.9 Å². The van der Waals surface area contributed by atoms with E-state index < -0.39 is 35.8 Å². The molecule has 6 aromatic carbocycles. The molecule has 0 saturated heterocycles. The summed E-state index contributed by atoms with van der Waals surface area (Å²) in [5, 5.41) is 88.2. The fourth-order valence-corrected chi connectivity index (χ4v) is 14.9. The first kappa shape index (κ1) is 90.7. The van der Waals surface area contributed by atoms with Crippen LogP contribution in [-0.2, 0) is 50.6 Å². The maximum atomic E-state index is 10.1. The van der Waals surface area contributed by atoms with Crippen LogP contribution in [0.25, 0.3) is 12.2 Å². The number of nitriles is 2. The Morgan fingerprint density at radius 3 is 0.687 bits per heavy atom. The van der Waals surface area contributed by atoms with Crippen LogP contribution in [0.15, 0.2) is 302 Å². The van der Waals surface area contributed by atoms with E-state index in [0.717, 1.165) is 0 Å². The van der Waals surface area contributed by atoms with Gasteiger partial charge in [0.25, 0.3) is 0 Å². The molecule has 4 aliphatic rings. The van der Waals surface area contributed by atoms with E-state index in [4.69, 9.17) is 10.5 Å². The number of thioether (sulfide) groups is 8. The van der Waals surface area contributed by atoms with Gasteiger partial charge in [-0.25, -0.2) is 0 Å². The van der Waals surface area contributed by atoms with Crippen molar-refractivity contribution in [3.63, 3.8) is 0 Å². The molecule has 6 heterocycles. The summed E-state index contributed by atoms with van der Waals surface area (Å²) in [4.78, 5) is 71.2. The number of pyridine rings is 2. The minimum absolute atomic E-state index is 0. The van der Waals surface area contributed by atoms with Crippen LogP contribution in [0, 0.1) is 22.7 Å². The molecule has 0 N–H and O–H groups in total. The van der Waals surface area contributed by atoms with Crippen molar-refractivity contribution in [1.29, 1.82) is 10.5 Å². The van der Waals surface area contributed by atoms with Crippen molar-refractivity contribution < 1.29 is 110 Å². The SMILES string of the molecule is C1=CSC(=C2SC=C(/C=C/c3ccncc3)S2)S1.C1=CSC(=C2SC=C(/C=C/c3ccncc3)S2)S1.CC#N.CC#N.O=C([O-])c1ccccc1.O=C([O-])c1ccccc1.O=C([O-])c1ccccc1.O=C([O-])c1ccccc1.O=C([O-])c1ccccc1.O=C([O-])c1ccccc1.[Co+2].[Co+2].[Mn+2]. The number of hydrogen-bond acceptors (Lipinski definition) is 24. The molecule has 12 rings (SSSR count). The Morgan fingerprint density at radius 2 is 0.515 bits per heavy atom. The second-order valence-corrected chi connectivity index (χ2v) is 25.9. The predicted molar refractivity (Wildman–Crippen MR) is 383 cm³/mol. The average Bonchev–Trinajstić information content (AvgIpc) is 1.74. The van der Waals surface area contributed by atoms with Crippen LogP contribution in [-0.4, -0.2) is 45.8 Å². The van der Waals surface area contributed by atoms with Crippen LogP contribution in [0.3, 0.4) is 0 Å². The fourth-order valence-electron chi connectivity index (χ4n) is 6.22. The van der Waals surface area contributed by atoms with E-state index in [-0.39, 0.29) is 84.0 Å². The van der Waals surface area contributed by atoms with Crippen LogP contribution in [0.4, 0.5) is 0 Å². The number of rotatable bonds is 10. The molecule has 0 saturated carbocycles.